The van der Waals surface area contributed by atoms with Gasteiger partial charge in [-0.3, -0.25) is 0 Å². The highest BCUT2D eigenvalue weighted by Gasteiger charge is 2.26. The summed E-state index contributed by atoms with van der Waals surface area (Å²) in [5.74, 6) is 0. The molecule has 0 N–H and O–H groups in total. The first kappa shape index (κ1) is 17.5. The number of hydrogen-bond donors (Lipinski definition) is 0. The van der Waals surface area contributed by atoms with Crippen molar-refractivity contribution in [3.8, 4) is 0 Å². The number of hydrogen-bond acceptors (Lipinski definition) is 2. The summed E-state index contributed by atoms with van der Waals surface area (Å²) in [6, 6.07) is 0. The molecular formula is C10H16F6O2. The second kappa shape index (κ2) is 8.58. The predicted molar refractivity (Wildman–Crippen MR) is 52.2 cm³/mol. The van der Waals surface area contributed by atoms with Crippen molar-refractivity contribution in [3.05, 3.63) is 0 Å². The molecule has 0 rings (SSSR count). The molecule has 0 bridgehead atoms. The molecule has 0 radical (unpaired) electrons. The Bertz CT molecular complexity index is 180. The molecule has 0 fully saturated rings. The highest BCUT2D eigenvalue weighted by Crippen LogP contribution is 2.21. The highest BCUT2D eigenvalue weighted by molar-refractivity contribution is 4.50. The van der Waals surface area contributed by atoms with E-state index in [1.54, 1.807) is 0 Å². The minimum atomic E-state index is -4.18. The zero-order valence-electron chi connectivity index (χ0n) is 9.74. The van der Waals surface area contributed by atoms with Gasteiger partial charge in [0.2, 0.25) is 0 Å². The van der Waals surface area contributed by atoms with Gasteiger partial charge in [0.05, 0.1) is 13.2 Å². The number of alkyl halides is 6. The van der Waals surface area contributed by atoms with E-state index < -0.39 is 25.2 Å². The maximum absolute atomic E-state index is 11.7. The minimum absolute atomic E-state index is 0.0363. The second-order valence-corrected chi connectivity index (χ2v) is 3.66. The van der Waals surface area contributed by atoms with Crippen LogP contribution in [0.1, 0.15) is 25.7 Å². The number of halogens is 6. The first-order chi connectivity index (χ1) is 8.21. The van der Waals surface area contributed by atoms with E-state index in [1.165, 1.54) is 0 Å². The van der Waals surface area contributed by atoms with Gasteiger partial charge in [0, 0.05) is 26.1 Å². The maximum atomic E-state index is 11.7. The average Bonchev–Trinajstić information content (AvgIpc) is 2.17. The van der Waals surface area contributed by atoms with Crippen LogP contribution >= 0.6 is 0 Å². The van der Waals surface area contributed by atoms with Gasteiger partial charge < -0.3 is 9.47 Å². The summed E-state index contributed by atoms with van der Waals surface area (Å²) in [5.41, 5.74) is 0. The van der Waals surface area contributed by atoms with Gasteiger partial charge >= 0.3 is 12.4 Å². The van der Waals surface area contributed by atoms with E-state index in [0.717, 1.165) is 0 Å². The molecule has 0 amide bonds. The van der Waals surface area contributed by atoms with E-state index >= 15 is 0 Å². The first-order valence-electron chi connectivity index (χ1n) is 5.50. The number of rotatable bonds is 9. The smallest absolute Gasteiger partial charge is 0.379 e. The predicted octanol–water partition coefficient (Wildman–Crippen LogP) is 3.70. The third kappa shape index (κ3) is 15.5. The monoisotopic (exact) mass is 282 g/mol. The molecule has 8 heteroatoms. The van der Waals surface area contributed by atoms with Gasteiger partial charge in [-0.15, -0.1) is 0 Å². The molecule has 0 saturated heterocycles. The second-order valence-electron chi connectivity index (χ2n) is 3.66. The van der Waals surface area contributed by atoms with E-state index in [9.17, 15) is 26.3 Å². The summed E-state index contributed by atoms with van der Waals surface area (Å²) in [4.78, 5) is 0. The molecular weight excluding hydrogens is 266 g/mol. The van der Waals surface area contributed by atoms with E-state index in [0.29, 0.717) is 0 Å². The number of ether oxygens (including phenoxy) is 2. The van der Waals surface area contributed by atoms with Gasteiger partial charge in [-0.05, 0) is 12.8 Å². The van der Waals surface area contributed by atoms with Crippen molar-refractivity contribution in [1.82, 2.24) is 0 Å². The average molecular weight is 282 g/mol. The molecule has 0 unspecified atom stereocenters. The SMILES string of the molecule is FC(F)(F)CCCOCCOCCCC(F)(F)F. The summed E-state index contributed by atoms with van der Waals surface area (Å²) in [6.45, 7) is 0.102. The van der Waals surface area contributed by atoms with Crippen molar-refractivity contribution in [1.29, 1.82) is 0 Å². The molecule has 0 heterocycles. The molecule has 110 valence electrons. The minimum Gasteiger partial charge on any atom is -0.379 e. The van der Waals surface area contributed by atoms with E-state index in [1.807, 2.05) is 0 Å². The van der Waals surface area contributed by atoms with Gasteiger partial charge in [-0.25, -0.2) is 0 Å². The Labute approximate surface area is 101 Å². The fraction of sp³-hybridized carbons (Fsp3) is 1.00. The molecule has 0 aromatic heterocycles. The van der Waals surface area contributed by atoms with E-state index in [2.05, 4.69) is 0 Å². The quantitative estimate of drug-likeness (QED) is 0.474. The zero-order valence-corrected chi connectivity index (χ0v) is 9.74. The van der Waals surface area contributed by atoms with Crippen LogP contribution in [0, 0.1) is 0 Å². The van der Waals surface area contributed by atoms with Crippen LogP contribution in [0.25, 0.3) is 0 Å². The molecule has 0 atom stereocenters. The summed E-state index contributed by atoms with van der Waals surface area (Å²) >= 11 is 0. The summed E-state index contributed by atoms with van der Waals surface area (Å²) in [7, 11) is 0. The molecule has 0 aliphatic carbocycles. The fourth-order valence-electron chi connectivity index (χ4n) is 1.07. The third-order valence-electron chi connectivity index (χ3n) is 1.87. The van der Waals surface area contributed by atoms with Crippen LogP contribution in [0.2, 0.25) is 0 Å². The van der Waals surface area contributed by atoms with Gasteiger partial charge in [-0.2, -0.15) is 26.3 Å². The molecule has 0 spiro atoms. The zero-order chi connectivity index (χ0) is 14.1. The lowest BCUT2D eigenvalue weighted by molar-refractivity contribution is -0.140. The Balaban J connectivity index is 3.13. The maximum Gasteiger partial charge on any atom is 0.389 e. The van der Waals surface area contributed by atoms with Crippen LogP contribution in [-0.4, -0.2) is 38.8 Å². The van der Waals surface area contributed by atoms with Gasteiger partial charge in [0.15, 0.2) is 0 Å². The van der Waals surface area contributed by atoms with Crippen LogP contribution in [-0.2, 0) is 9.47 Å². The highest BCUT2D eigenvalue weighted by atomic mass is 19.4. The standard InChI is InChI=1S/C10H16F6O2/c11-9(12,13)3-1-5-17-7-8-18-6-2-4-10(14,15)16/h1-8H2. The lowest BCUT2D eigenvalue weighted by Gasteiger charge is -2.08. The third-order valence-corrected chi connectivity index (χ3v) is 1.87. The topological polar surface area (TPSA) is 18.5 Å². The Morgan fingerprint density at radius 3 is 1.17 bits per heavy atom. The van der Waals surface area contributed by atoms with Crippen LogP contribution in [0.4, 0.5) is 26.3 Å². The van der Waals surface area contributed by atoms with Crippen LogP contribution in [0.15, 0.2) is 0 Å². The van der Waals surface area contributed by atoms with Crippen LogP contribution in [0.3, 0.4) is 0 Å². The molecule has 18 heavy (non-hydrogen) atoms. The fourth-order valence-corrected chi connectivity index (χ4v) is 1.07. The van der Waals surface area contributed by atoms with Crippen molar-refractivity contribution in [2.75, 3.05) is 26.4 Å². The molecule has 0 aliphatic heterocycles. The molecule has 0 aliphatic rings. The van der Waals surface area contributed by atoms with Crippen molar-refractivity contribution in [2.45, 2.75) is 38.0 Å². The van der Waals surface area contributed by atoms with Crippen LogP contribution < -0.4 is 0 Å². The normalized spacial score (nSPS) is 13.0. The summed E-state index contributed by atoms with van der Waals surface area (Å²) in [5, 5.41) is 0. The van der Waals surface area contributed by atoms with Crippen molar-refractivity contribution >= 4 is 0 Å². The van der Waals surface area contributed by atoms with Crippen molar-refractivity contribution in [3.63, 3.8) is 0 Å². The van der Waals surface area contributed by atoms with E-state index in [4.69, 9.17) is 9.47 Å². The van der Waals surface area contributed by atoms with Crippen molar-refractivity contribution in [2.24, 2.45) is 0 Å². The largest absolute Gasteiger partial charge is 0.389 e. The Kier molecular flexibility index (Phi) is 8.34. The molecule has 2 nitrogen and oxygen atoms in total. The first-order valence-corrected chi connectivity index (χ1v) is 5.50. The van der Waals surface area contributed by atoms with Gasteiger partial charge in [0.1, 0.15) is 0 Å². The summed E-state index contributed by atoms with van der Waals surface area (Å²) in [6.07, 6.45) is -10.4. The van der Waals surface area contributed by atoms with Crippen molar-refractivity contribution < 1.29 is 35.8 Å². The molecule has 0 aromatic rings. The Morgan fingerprint density at radius 2 is 0.889 bits per heavy atom. The van der Waals surface area contributed by atoms with Gasteiger partial charge in [0.25, 0.3) is 0 Å². The Morgan fingerprint density at radius 1 is 0.556 bits per heavy atom. The lowest BCUT2D eigenvalue weighted by Crippen LogP contribution is -2.12. The Hall–Kier alpha value is -0.500. The molecule has 0 saturated carbocycles. The van der Waals surface area contributed by atoms with Crippen LogP contribution in [0.5, 0.6) is 0 Å². The van der Waals surface area contributed by atoms with E-state index in [-0.39, 0.29) is 39.3 Å². The molecule has 0 aromatic carbocycles. The summed E-state index contributed by atoms with van der Waals surface area (Å²) < 4.78 is 79.8. The lowest BCUT2D eigenvalue weighted by atomic mass is 10.3. The van der Waals surface area contributed by atoms with Gasteiger partial charge in [-0.1, -0.05) is 0 Å².